The molecule has 16 heavy (non-hydrogen) atoms. The Balaban J connectivity index is 1.82. The lowest BCUT2D eigenvalue weighted by Crippen LogP contribution is -2.37. The molecule has 88 valence electrons. The van der Waals surface area contributed by atoms with Gasteiger partial charge in [0.05, 0.1) is 12.6 Å². The highest BCUT2D eigenvalue weighted by Crippen LogP contribution is 2.22. The second-order valence-corrected chi connectivity index (χ2v) is 4.48. The Morgan fingerprint density at radius 3 is 3.38 bits per heavy atom. The fourth-order valence-corrected chi connectivity index (χ4v) is 2.44. The smallest absolute Gasteiger partial charge is 0.407 e. The van der Waals surface area contributed by atoms with Crippen LogP contribution in [0.2, 0.25) is 0 Å². The Morgan fingerprint density at radius 2 is 2.69 bits per heavy atom. The third kappa shape index (κ3) is 2.63. The van der Waals surface area contributed by atoms with Crippen LogP contribution in [0.4, 0.5) is 9.93 Å². The first-order chi connectivity index (χ1) is 7.79. The van der Waals surface area contributed by atoms with Crippen LogP contribution in [0.5, 0.6) is 0 Å². The van der Waals surface area contributed by atoms with Gasteiger partial charge in [0.15, 0.2) is 5.13 Å². The molecule has 1 saturated heterocycles. The lowest BCUT2D eigenvalue weighted by Gasteiger charge is -2.15. The second kappa shape index (κ2) is 5.16. The summed E-state index contributed by atoms with van der Waals surface area (Å²) in [7, 11) is 0. The third-order valence-corrected chi connectivity index (χ3v) is 3.31. The number of amides is 1. The van der Waals surface area contributed by atoms with Crippen molar-refractivity contribution in [3.05, 3.63) is 11.6 Å². The number of hydrogen-bond acceptors (Lipinski definition) is 5. The quantitative estimate of drug-likeness (QED) is 0.870. The van der Waals surface area contributed by atoms with E-state index in [9.17, 15) is 4.79 Å². The number of carbonyl (C=O) groups excluding carboxylic acids is 1. The molecule has 6 heteroatoms. The van der Waals surface area contributed by atoms with E-state index in [0.717, 1.165) is 24.6 Å². The molecule has 1 aromatic heterocycles. The maximum Gasteiger partial charge on any atom is 0.407 e. The molecule has 1 amide bonds. The molecule has 0 aromatic carbocycles. The van der Waals surface area contributed by atoms with Gasteiger partial charge in [0.2, 0.25) is 0 Å². The summed E-state index contributed by atoms with van der Waals surface area (Å²) in [5.41, 5.74) is 0. The number of anilines is 1. The molecule has 1 aliphatic rings. The number of hydrogen-bond donors (Lipinski definition) is 1. The van der Waals surface area contributed by atoms with E-state index in [1.54, 1.807) is 24.5 Å². The molecular formula is C10H15N3O2S. The van der Waals surface area contributed by atoms with Gasteiger partial charge in [-0.1, -0.05) is 0 Å². The fourth-order valence-electron chi connectivity index (χ4n) is 1.76. The van der Waals surface area contributed by atoms with Gasteiger partial charge in [-0.2, -0.15) is 0 Å². The number of alkyl carbamates (subject to hydrolysis) is 1. The van der Waals surface area contributed by atoms with Gasteiger partial charge < -0.3 is 15.0 Å². The number of thiazole rings is 1. The van der Waals surface area contributed by atoms with E-state index in [1.807, 2.05) is 5.38 Å². The van der Waals surface area contributed by atoms with Crippen molar-refractivity contribution in [2.45, 2.75) is 19.4 Å². The van der Waals surface area contributed by atoms with Crippen LogP contribution in [-0.4, -0.2) is 36.8 Å². The summed E-state index contributed by atoms with van der Waals surface area (Å²) < 4.78 is 4.85. The average Bonchev–Trinajstić information content (AvgIpc) is 2.86. The van der Waals surface area contributed by atoms with Gasteiger partial charge in [-0.25, -0.2) is 9.78 Å². The van der Waals surface area contributed by atoms with E-state index < -0.39 is 0 Å². The molecule has 1 aromatic rings. The summed E-state index contributed by atoms with van der Waals surface area (Å²) in [6.07, 6.45) is 2.42. The average molecular weight is 241 g/mol. The van der Waals surface area contributed by atoms with Crippen molar-refractivity contribution >= 4 is 22.6 Å². The third-order valence-electron chi connectivity index (χ3n) is 2.48. The van der Waals surface area contributed by atoms with Gasteiger partial charge in [-0.05, 0) is 13.3 Å². The van der Waals surface area contributed by atoms with Gasteiger partial charge in [-0.15, -0.1) is 11.3 Å². The zero-order valence-corrected chi connectivity index (χ0v) is 10.00. The van der Waals surface area contributed by atoms with Crippen molar-refractivity contribution < 1.29 is 9.53 Å². The maximum absolute atomic E-state index is 11.2. The van der Waals surface area contributed by atoms with Crippen molar-refractivity contribution in [2.75, 3.05) is 24.6 Å². The first-order valence-corrected chi connectivity index (χ1v) is 6.25. The number of aromatic nitrogens is 1. The summed E-state index contributed by atoms with van der Waals surface area (Å²) in [4.78, 5) is 17.7. The number of nitrogens with one attached hydrogen (secondary N) is 1. The Bertz CT molecular complexity index is 342. The van der Waals surface area contributed by atoms with E-state index in [1.165, 1.54) is 0 Å². The molecule has 0 bridgehead atoms. The molecule has 2 rings (SSSR count). The van der Waals surface area contributed by atoms with Crippen LogP contribution in [0.15, 0.2) is 11.6 Å². The zero-order chi connectivity index (χ0) is 11.4. The van der Waals surface area contributed by atoms with Gasteiger partial charge >= 0.3 is 6.09 Å². The first kappa shape index (κ1) is 11.2. The van der Waals surface area contributed by atoms with Crippen LogP contribution in [-0.2, 0) is 4.74 Å². The molecule has 1 unspecified atom stereocenters. The maximum atomic E-state index is 11.2. The topological polar surface area (TPSA) is 54.5 Å². The van der Waals surface area contributed by atoms with Crippen LogP contribution >= 0.6 is 11.3 Å². The molecule has 0 aliphatic carbocycles. The fraction of sp³-hybridized carbons (Fsp3) is 0.600. The first-order valence-electron chi connectivity index (χ1n) is 5.37. The van der Waals surface area contributed by atoms with Gasteiger partial charge in [0.1, 0.15) is 0 Å². The molecule has 0 saturated carbocycles. The lowest BCUT2D eigenvalue weighted by atomic mass is 10.3. The molecule has 2 heterocycles. The largest absolute Gasteiger partial charge is 0.450 e. The highest BCUT2D eigenvalue weighted by Gasteiger charge is 2.25. The monoisotopic (exact) mass is 241 g/mol. The zero-order valence-electron chi connectivity index (χ0n) is 9.18. The minimum Gasteiger partial charge on any atom is -0.450 e. The van der Waals surface area contributed by atoms with Gasteiger partial charge in [-0.3, -0.25) is 0 Å². The number of ether oxygens (including phenoxy) is 1. The summed E-state index contributed by atoms with van der Waals surface area (Å²) in [6, 6.07) is 0.169. The van der Waals surface area contributed by atoms with E-state index in [2.05, 4.69) is 15.2 Å². The summed E-state index contributed by atoms with van der Waals surface area (Å²) in [6.45, 7) is 3.96. The van der Waals surface area contributed by atoms with E-state index >= 15 is 0 Å². The number of nitrogens with zero attached hydrogens (tertiary/aromatic N) is 2. The van der Waals surface area contributed by atoms with Crippen LogP contribution < -0.4 is 10.2 Å². The Labute approximate surface area is 98.4 Å². The highest BCUT2D eigenvalue weighted by atomic mass is 32.1. The molecule has 1 aliphatic heterocycles. The predicted molar refractivity (Wildman–Crippen MR) is 62.9 cm³/mol. The highest BCUT2D eigenvalue weighted by molar-refractivity contribution is 7.13. The van der Waals surface area contributed by atoms with Crippen molar-refractivity contribution in [1.29, 1.82) is 0 Å². The normalized spacial score (nSPS) is 19.8. The number of carbonyl (C=O) groups is 1. The summed E-state index contributed by atoms with van der Waals surface area (Å²) >= 11 is 1.62. The van der Waals surface area contributed by atoms with Crippen LogP contribution in [0, 0.1) is 0 Å². The summed E-state index contributed by atoms with van der Waals surface area (Å²) in [5, 5.41) is 5.83. The van der Waals surface area contributed by atoms with E-state index in [-0.39, 0.29) is 12.1 Å². The minimum absolute atomic E-state index is 0.169. The lowest BCUT2D eigenvalue weighted by molar-refractivity contribution is 0.149. The summed E-state index contributed by atoms with van der Waals surface area (Å²) in [5.74, 6) is 0. The van der Waals surface area contributed by atoms with Crippen molar-refractivity contribution in [3.63, 3.8) is 0 Å². The minimum atomic E-state index is -0.325. The molecule has 1 atom stereocenters. The Hall–Kier alpha value is -1.30. The van der Waals surface area contributed by atoms with Crippen LogP contribution in [0.25, 0.3) is 0 Å². The Morgan fingerprint density at radius 1 is 1.81 bits per heavy atom. The predicted octanol–water partition coefficient (Wildman–Crippen LogP) is 1.47. The van der Waals surface area contributed by atoms with Crippen molar-refractivity contribution in [2.24, 2.45) is 0 Å². The standard InChI is InChI=1S/C10H15N3O2S/c1-2-15-10(14)12-8-3-5-13(7-8)9-11-4-6-16-9/h4,6,8H,2-3,5,7H2,1H3,(H,12,14). The second-order valence-electron chi connectivity index (χ2n) is 3.61. The number of rotatable bonds is 3. The SMILES string of the molecule is CCOC(=O)NC1CCN(c2nccs2)C1. The molecular weight excluding hydrogens is 226 g/mol. The van der Waals surface area contributed by atoms with Crippen molar-refractivity contribution in [3.8, 4) is 0 Å². The molecule has 1 N–H and O–H groups in total. The van der Waals surface area contributed by atoms with Crippen LogP contribution in [0.3, 0.4) is 0 Å². The Kier molecular flexibility index (Phi) is 3.61. The van der Waals surface area contributed by atoms with Crippen LogP contribution in [0.1, 0.15) is 13.3 Å². The molecule has 5 nitrogen and oxygen atoms in total. The van der Waals surface area contributed by atoms with E-state index in [0.29, 0.717) is 6.61 Å². The molecule has 1 fully saturated rings. The molecule has 0 radical (unpaired) electrons. The van der Waals surface area contributed by atoms with Gasteiger partial charge in [0.25, 0.3) is 0 Å². The van der Waals surface area contributed by atoms with Crippen molar-refractivity contribution in [1.82, 2.24) is 10.3 Å². The molecule has 0 spiro atoms. The van der Waals surface area contributed by atoms with E-state index in [4.69, 9.17) is 4.74 Å². The van der Waals surface area contributed by atoms with Gasteiger partial charge in [0, 0.05) is 24.7 Å².